The molecule has 0 amide bonds. The second-order valence-corrected chi connectivity index (χ2v) is 9.94. The molecule has 0 radical (unpaired) electrons. The molecule has 3 heteroatoms. The van der Waals surface area contributed by atoms with Gasteiger partial charge in [0, 0.05) is 0 Å². The molecule has 0 aromatic heterocycles. The molecule has 2 aliphatic carbocycles. The SMILES string of the molecule is CCCCCC[C@H]1CC[C@H]([C@H]2CC[C@H](C=Cc3ccc(OCC(F)F)cc3)CC2)CC1. The zero-order chi connectivity index (χ0) is 21.9. The van der Waals surface area contributed by atoms with E-state index >= 15 is 0 Å². The Hall–Kier alpha value is -1.38. The van der Waals surface area contributed by atoms with E-state index in [0.29, 0.717) is 11.7 Å². The van der Waals surface area contributed by atoms with E-state index in [1.54, 1.807) is 12.1 Å². The lowest BCUT2D eigenvalue weighted by molar-refractivity contribution is 0.0819. The molecule has 0 spiro atoms. The first-order valence-corrected chi connectivity index (χ1v) is 12.8. The monoisotopic (exact) mass is 432 g/mol. The van der Waals surface area contributed by atoms with Crippen LogP contribution in [0.3, 0.4) is 0 Å². The van der Waals surface area contributed by atoms with Crippen LogP contribution in [-0.4, -0.2) is 13.0 Å². The fraction of sp³-hybridized carbons (Fsp3) is 0.714. The van der Waals surface area contributed by atoms with E-state index in [-0.39, 0.29) is 0 Å². The highest BCUT2D eigenvalue weighted by Gasteiger charge is 2.30. The lowest BCUT2D eigenvalue weighted by atomic mass is 9.68. The zero-order valence-corrected chi connectivity index (χ0v) is 19.4. The van der Waals surface area contributed by atoms with Crippen molar-refractivity contribution in [3.63, 3.8) is 0 Å². The molecule has 1 aromatic carbocycles. The second kappa shape index (κ2) is 13.2. The molecular formula is C28H42F2O. The topological polar surface area (TPSA) is 9.23 Å². The minimum absolute atomic E-state index is 0.508. The molecule has 2 fully saturated rings. The second-order valence-electron chi connectivity index (χ2n) is 9.94. The van der Waals surface area contributed by atoms with Crippen LogP contribution in [0.2, 0.25) is 0 Å². The van der Waals surface area contributed by atoms with Crippen molar-refractivity contribution < 1.29 is 13.5 Å². The molecule has 0 unspecified atom stereocenters. The maximum Gasteiger partial charge on any atom is 0.272 e. The standard InChI is InChI=1S/C28H42F2O/c1-2-3-4-5-6-22-9-15-25(16-10-22)26-17-11-23(12-18-26)7-8-24-13-19-27(20-14-24)31-21-28(29)30/h7-8,13-14,19-20,22-23,25-26,28H,2-6,9-12,15-18,21H2,1H3/t22-,23-,25-,26-. The van der Waals surface area contributed by atoms with E-state index in [0.717, 1.165) is 23.3 Å². The van der Waals surface area contributed by atoms with Crippen LogP contribution in [0.15, 0.2) is 30.3 Å². The molecule has 2 aliphatic rings. The Balaban J connectivity index is 1.33. The van der Waals surface area contributed by atoms with Crippen molar-refractivity contribution >= 4 is 6.08 Å². The van der Waals surface area contributed by atoms with Gasteiger partial charge in [-0.2, -0.15) is 0 Å². The van der Waals surface area contributed by atoms with Crippen LogP contribution < -0.4 is 4.74 Å². The minimum Gasteiger partial charge on any atom is -0.488 e. The van der Waals surface area contributed by atoms with Crippen molar-refractivity contribution in [3.05, 3.63) is 35.9 Å². The number of hydrogen-bond donors (Lipinski definition) is 0. The highest BCUT2D eigenvalue weighted by atomic mass is 19.3. The summed E-state index contributed by atoms with van der Waals surface area (Å²) in [4.78, 5) is 0. The Morgan fingerprint density at radius 3 is 2.13 bits per heavy atom. The fourth-order valence-corrected chi connectivity index (χ4v) is 5.70. The lowest BCUT2D eigenvalue weighted by Crippen LogP contribution is -2.25. The van der Waals surface area contributed by atoms with Crippen LogP contribution in [0.1, 0.15) is 96.0 Å². The van der Waals surface area contributed by atoms with Gasteiger partial charge in [-0.15, -0.1) is 0 Å². The molecule has 31 heavy (non-hydrogen) atoms. The smallest absolute Gasteiger partial charge is 0.272 e. The van der Waals surface area contributed by atoms with Crippen molar-refractivity contribution in [1.29, 1.82) is 0 Å². The van der Waals surface area contributed by atoms with Gasteiger partial charge in [0.2, 0.25) is 0 Å². The largest absolute Gasteiger partial charge is 0.488 e. The number of alkyl halides is 2. The number of rotatable bonds is 11. The van der Waals surface area contributed by atoms with Gasteiger partial charge in [0.05, 0.1) is 0 Å². The summed E-state index contributed by atoms with van der Waals surface area (Å²) in [6, 6.07) is 7.45. The van der Waals surface area contributed by atoms with E-state index < -0.39 is 13.0 Å². The number of halogens is 2. The maximum atomic E-state index is 12.2. The zero-order valence-electron chi connectivity index (χ0n) is 19.4. The van der Waals surface area contributed by atoms with E-state index in [4.69, 9.17) is 4.74 Å². The van der Waals surface area contributed by atoms with Crippen molar-refractivity contribution in [2.75, 3.05) is 6.61 Å². The molecule has 0 aliphatic heterocycles. The Morgan fingerprint density at radius 1 is 0.871 bits per heavy atom. The van der Waals surface area contributed by atoms with Crippen LogP contribution in [0, 0.1) is 23.7 Å². The Labute approximate surface area is 188 Å². The summed E-state index contributed by atoms with van der Waals surface area (Å²) in [6.07, 6.45) is 20.5. The third kappa shape index (κ3) is 8.58. The van der Waals surface area contributed by atoms with Crippen molar-refractivity contribution in [2.24, 2.45) is 23.7 Å². The van der Waals surface area contributed by atoms with Crippen molar-refractivity contribution in [2.45, 2.75) is 96.8 Å². The van der Waals surface area contributed by atoms with Gasteiger partial charge in [-0.05, 0) is 79.9 Å². The number of unbranched alkanes of at least 4 members (excludes halogenated alkanes) is 3. The van der Waals surface area contributed by atoms with Gasteiger partial charge in [-0.25, -0.2) is 8.78 Å². The quantitative estimate of drug-likeness (QED) is 0.317. The first kappa shape index (κ1) is 24.3. The van der Waals surface area contributed by atoms with E-state index in [2.05, 4.69) is 19.1 Å². The fourth-order valence-electron chi connectivity index (χ4n) is 5.70. The van der Waals surface area contributed by atoms with Gasteiger partial charge in [-0.1, -0.05) is 76.2 Å². The summed E-state index contributed by atoms with van der Waals surface area (Å²) in [5.74, 6) is 4.14. The summed E-state index contributed by atoms with van der Waals surface area (Å²) in [5.41, 5.74) is 1.11. The molecule has 3 rings (SSSR count). The molecule has 0 atom stereocenters. The predicted octanol–water partition coefficient (Wildman–Crippen LogP) is 8.93. The molecule has 0 heterocycles. The first-order chi connectivity index (χ1) is 15.1. The predicted molar refractivity (Wildman–Crippen MR) is 127 cm³/mol. The van der Waals surface area contributed by atoms with Gasteiger partial charge < -0.3 is 4.74 Å². The van der Waals surface area contributed by atoms with Gasteiger partial charge in [0.1, 0.15) is 12.4 Å². The third-order valence-corrected chi connectivity index (χ3v) is 7.66. The van der Waals surface area contributed by atoms with Crippen LogP contribution >= 0.6 is 0 Å². The van der Waals surface area contributed by atoms with Crippen LogP contribution in [0.25, 0.3) is 6.08 Å². The molecule has 0 saturated heterocycles. The highest BCUT2D eigenvalue weighted by molar-refractivity contribution is 5.50. The van der Waals surface area contributed by atoms with Crippen molar-refractivity contribution in [3.8, 4) is 5.75 Å². The highest BCUT2D eigenvalue weighted by Crippen LogP contribution is 2.42. The van der Waals surface area contributed by atoms with Crippen molar-refractivity contribution in [1.82, 2.24) is 0 Å². The van der Waals surface area contributed by atoms with Gasteiger partial charge in [0.15, 0.2) is 0 Å². The molecule has 174 valence electrons. The number of benzene rings is 1. The van der Waals surface area contributed by atoms with Gasteiger partial charge in [-0.3, -0.25) is 0 Å². The summed E-state index contributed by atoms with van der Waals surface area (Å²) >= 11 is 0. The molecule has 2 saturated carbocycles. The minimum atomic E-state index is -2.43. The summed E-state index contributed by atoms with van der Waals surface area (Å²) in [5, 5.41) is 0. The molecule has 0 N–H and O–H groups in total. The normalized spacial score (nSPS) is 27.1. The molecule has 1 aromatic rings. The van der Waals surface area contributed by atoms with Crippen LogP contribution in [-0.2, 0) is 0 Å². The van der Waals surface area contributed by atoms with E-state index in [1.807, 2.05) is 12.1 Å². The molecule has 0 bridgehead atoms. The third-order valence-electron chi connectivity index (χ3n) is 7.66. The Morgan fingerprint density at radius 2 is 1.52 bits per heavy atom. The average Bonchev–Trinajstić information content (AvgIpc) is 2.80. The summed E-state index contributed by atoms with van der Waals surface area (Å²) in [7, 11) is 0. The number of allylic oxidation sites excluding steroid dienone is 1. The average molecular weight is 433 g/mol. The molecular weight excluding hydrogens is 390 g/mol. The Bertz CT molecular complexity index is 623. The number of ether oxygens (including phenoxy) is 1. The molecule has 1 nitrogen and oxygen atoms in total. The maximum absolute atomic E-state index is 12.2. The summed E-state index contributed by atoms with van der Waals surface area (Å²) in [6.45, 7) is 1.75. The first-order valence-electron chi connectivity index (χ1n) is 12.8. The van der Waals surface area contributed by atoms with E-state index in [1.165, 1.54) is 83.5 Å². The van der Waals surface area contributed by atoms with Gasteiger partial charge >= 0.3 is 0 Å². The van der Waals surface area contributed by atoms with Gasteiger partial charge in [0.25, 0.3) is 6.43 Å². The van der Waals surface area contributed by atoms with E-state index in [9.17, 15) is 8.78 Å². The Kier molecular flexibility index (Phi) is 10.4. The lowest BCUT2D eigenvalue weighted by Gasteiger charge is -2.37. The number of hydrogen-bond acceptors (Lipinski definition) is 1. The van der Waals surface area contributed by atoms with Crippen LogP contribution in [0.4, 0.5) is 8.78 Å². The summed E-state index contributed by atoms with van der Waals surface area (Å²) < 4.78 is 29.5. The van der Waals surface area contributed by atoms with Crippen LogP contribution in [0.5, 0.6) is 5.75 Å².